The Bertz CT molecular complexity index is 479. The smallest absolute Gasteiger partial charge is 0.308 e. The number of fused-ring (bicyclic) bond motifs is 1. The molecule has 2 aliphatic rings. The SMILES string of the molecule is O=C(CC1OCCc2ccccc21)OCC1CCCCO1. The van der Waals surface area contributed by atoms with Gasteiger partial charge in [-0.25, -0.2) is 0 Å². The van der Waals surface area contributed by atoms with Gasteiger partial charge in [0.2, 0.25) is 0 Å². The van der Waals surface area contributed by atoms with E-state index in [2.05, 4.69) is 6.07 Å². The highest BCUT2D eigenvalue weighted by Gasteiger charge is 2.24. The van der Waals surface area contributed by atoms with E-state index >= 15 is 0 Å². The number of carbonyl (C=O) groups excluding carboxylic acids is 1. The molecule has 0 saturated carbocycles. The fraction of sp³-hybridized carbons (Fsp3) is 0.588. The van der Waals surface area contributed by atoms with Crippen molar-refractivity contribution >= 4 is 5.97 Å². The van der Waals surface area contributed by atoms with Crippen LogP contribution in [0.3, 0.4) is 0 Å². The van der Waals surface area contributed by atoms with Crippen molar-refractivity contribution in [2.75, 3.05) is 19.8 Å². The van der Waals surface area contributed by atoms with E-state index in [-0.39, 0.29) is 24.6 Å². The summed E-state index contributed by atoms with van der Waals surface area (Å²) in [5.74, 6) is -0.203. The van der Waals surface area contributed by atoms with Crippen LogP contribution in [0.5, 0.6) is 0 Å². The molecular weight excluding hydrogens is 268 g/mol. The molecule has 0 spiro atoms. The summed E-state index contributed by atoms with van der Waals surface area (Å²) in [6.45, 7) is 1.81. The number of ether oxygens (including phenoxy) is 3. The molecule has 1 aromatic rings. The second-order valence-electron chi connectivity index (χ2n) is 5.68. The van der Waals surface area contributed by atoms with E-state index in [9.17, 15) is 4.79 Å². The monoisotopic (exact) mass is 290 g/mol. The Labute approximate surface area is 125 Å². The molecule has 0 aliphatic carbocycles. The summed E-state index contributed by atoms with van der Waals surface area (Å²) in [7, 11) is 0. The average molecular weight is 290 g/mol. The number of benzene rings is 1. The zero-order valence-corrected chi connectivity index (χ0v) is 12.3. The van der Waals surface area contributed by atoms with E-state index < -0.39 is 0 Å². The zero-order chi connectivity index (χ0) is 14.5. The molecular formula is C17H22O4. The predicted octanol–water partition coefficient (Wildman–Crippen LogP) is 2.80. The molecule has 1 aromatic carbocycles. The Balaban J connectivity index is 1.51. The largest absolute Gasteiger partial charge is 0.463 e. The van der Waals surface area contributed by atoms with Crippen LogP contribution in [0.4, 0.5) is 0 Å². The molecule has 21 heavy (non-hydrogen) atoms. The highest BCUT2D eigenvalue weighted by Crippen LogP contribution is 2.29. The standard InChI is InChI=1S/C17H22O4/c18-17(21-12-14-6-3-4-9-19-14)11-16-15-7-2-1-5-13(15)8-10-20-16/h1-2,5,7,14,16H,3-4,6,8-12H2. The van der Waals surface area contributed by atoms with Gasteiger partial charge in [-0.1, -0.05) is 24.3 Å². The van der Waals surface area contributed by atoms with Crippen molar-refractivity contribution in [3.8, 4) is 0 Å². The number of hydrogen-bond donors (Lipinski definition) is 0. The molecule has 0 aromatic heterocycles. The Kier molecular flexibility index (Phi) is 4.88. The molecule has 3 rings (SSSR count). The van der Waals surface area contributed by atoms with Crippen LogP contribution in [-0.2, 0) is 25.4 Å². The molecule has 1 saturated heterocycles. The number of rotatable bonds is 4. The fourth-order valence-electron chi connectivity index (χ4n) is 2.98. The minimum absolute atomic E-state index is 0.0715. The van der Waals surface area contributed by atoms with Crippen LogP contribution < -0.4 is 0 Å². The van der Waals surface area contributed by atoms with Crippen LogP contribution in [0.1, 0.15) is 42.9 Å². The normalized spacial score (nSPS) is 25.1. The van der Waals surface area contributed by atoms with Crippen molar-refractivity contribution < 1.29 is 19.0 Å². The van der Waals surface area contributed by atoms with Crippen LogP contribution in [0.25, 0.3) is 0 Å². The third-order valence-electron chi connectivity index (χ3n) is 4.15. The number of carbonyl (C=O) groups is 1. The van der Waals surface area contributed by atoms with Gasteiger partial charge in [0.05, 0.1) is 25.2 Å². The number of esters is 1. The van der Waals surface area contributed by atoms with E-state index in [0.29, 0.717) is 13.2 Å². The predicted molar refractivity (Wildman–Crippen MR) is 78.0 cm³/mol. The molecule has 1 fully saturated rings. The summed E-state index contributed by atoms with van der Waals surface area (Å²) in [5, 5.41) is 0. The van der Waals surface area contributed by atoms with Crippen molar-refractivity contribution in [1.82, 2.24) is 0 Å². The summed E-state index contributed by atoms with van der Waals surface area (Å²) in [4.78, 5) is 12.0. The van der Waals surface area contributed by atoms with Crippen molar-refractivity contribution in [3.63, 3.8) is 0 Å². The highest BCUT2D eigenvalue weighted by molar-refractivity contribution is 5.70. The Morgan fingerprint density at radius 3 is 2.95 bits per heavy atom. The fourth-order valence-corrected chi connectivity index (χ4v) is 2.98. The van der Waals surface area contributed by atoms with Gasteiger partial charge in [0.15, 0.2) is 0 Å². The van der Waals surface area contributed by atoms with Crippen LogP contribution >= 0.6 is 0 Å². The lowest BCUT2D eigenvalue weighted by atomic mass is 9.96. The van der Waals surface area contributed by atoms with E-state index in [1.807, 2.05) is 18.2 Å². The van der Waals surface area contributed by atoms with Crippen LogP contribution in [0.15, 0.2) is 24.3 Å². The van der Waals surface area contributed by atoms with Crippen LogP contribution in [0, 0.1) is 0 Å². The maximum Gasteiger partial charge on any atom is 0.308 e. The quantitative estimate of drug-likeness (QED) is 0.800. The maximum atomic E-state index is 12.0. The molecule has 2 unspecified atom stereocenters. The van der Waals surface area contributed by atoms with Gasteiger partial charge in [0.1, 0.15) is 6.61 Å². The van der Waals surface area contributed by atoms with Gasteiger partial charge >= 0.3 is 5.97 Å². The lowest BCUT2D eigenvalue weighted by molar-refractivity contribution is -0.152. The second kappa shape index (κ2) is 7.05. The van der Waals surface area contributed by atoms with E-state index in [1.54, 1.807) is 0 Å². The van der Waals surface area contributed by atoms with Crippen molar-refractivity contribution in [3.05, 3.63) is 35.4 Å². The Morgan fingerprint density at radius 1 is 1.19 bits per heavy atom. The maximum absolute atomic E-state index is 12.0. The molecule has 2 aliphatic heterocycles. The summed E-state index contributed by atoms with van der Waals surface area (Å²) in [6, 6.07) is 8.16. The Morgan fingerprint density at radius 2 is 2.10 bits per heavy atom. The van der Waals surface area contributed by atoms with Gasteiger partial charge in [-0.3, -0.25) is 4.79 Å². The van der Waals surface area contributed by atoms with Gasteiger partial charge in [0, 0.05) is 6.61 Å². The molecule has 0 N–H and O–H groups in total. The second-order valence-corrected chi connectivity index (χ2v) is 5.68. The van der Waals surface area contributed by atoms with Gasteiger partial charge < -0.3 is 14.2 Å². The first-order chi connectivity index (χ1) is 10.3. The third-order valence-corrected chi connectivity index (χ3v) is 4.15. The molecule has 0 radical (unpaired) electrons. The highest BCUT2D eigenvalue weighted by atomic mass is 16.6. The van der Waals surface area contributed by atoms with Gasteiger partial charge in [0.25, 0.3) is 0 Å². The van der Waals surface area contributed by atoms with Crippen LogP contribution in [-0.4, -0.2) is 31.9 Å². The average Bonchev–Trinajstić information content (AvgIpc) is 2.54. The topological polar surface area (TPSA) is 44.8 Å². The summed E-state index contributed by atoms with van der Waals surface area (Å²) < 4.78 is 16.7. The van der Waals surface area contributed by atoms with E-state index in [4.69, 9.17) is 14.2 Å². The molecule has 0 amide bonds. The summed E-state index contributed by atoms with van der Waals surface area (Å²) >= 11 is 0. The molecule has 0 bridgehead atoms. The van der Waals surface area contributed by atoms with Gasteiger partial charge in [-0.2, -0.15) is 0 Å². The van der Waals surface area contributed by atoms with Crippen molar-refractivity contribution in [2.45, 2.75) is 44.3 Å². The van der Waals surface area contributed by atoms with E-state index in [0.717, 1.165) is 37.9 Å². The molecule has 114 valence electrons. The van der Waals surface area contributed by atoms with Crippen molar-refractivity contribution in [2.24, 2.45) is 0 Å². The van der Waals surface area contributed by atoms with E-state index in [1.165, 1.54) is 5.56 Å². The zero-order valence-electron chi connectivity index (χ0n) is 12.3. The Hall–Kier alpha value is -1.39. The first-order valence-electron chi connectivity index (χ1n) is 7.79. The number of hydrogen-bond acceptors (Lipinski definition) is 4. The first kappa shape index (κ1) is 14.5. The molecule has 4 nitrogen and oxygen atoms in total. The van der Waals surface area contributed by atoms with Crippen molar-refractivity contribution in [1.29, 1.82) is 0 Å². The summed E-state index contributed by atoms with van der Waals surface area (Å²) in [5.41, 5.74) is 2.40. The van der Waals surface area contributed by atoms with Gasteiger partial charge in [-0.15, -0.1) is 0 Å². The molecule has 2 atom stereocenters. The third kappa shape index (κ3) is 3.83. The molecule has 4 heteroatoms. The molecule has 2 heterocycles. The lowest BCUT2D eigenvalue weighted by Crippen LogP contribution is -2.27. The first-order valence-corrected chi connectivity index (χ1v) is 7.79. The summed E-state index contributed by atoms with van der Waals surface area (Å²) in [6.07, 6.45) is 4.34. The lowest BCUT2D eigenvalue weighted by Gasteiger charge is -2.26. The minimum atomic E-state index is -0.203. The minimum Gasteiger partial charge on any atom is -0.463 e. The van der Waals surface area contributed by atoms with Crippen LogP contribution in [0.2, 0.25) is 0 Å². The van der Waals surface area contributed by atoms with Gasteiger partial charge in [-0.05, 0) is 36.8 Å².